The van der Waals surface area contributed by atoms with Crippen molar-refractivity contribution in [2.75, 3.05) is 19.9 Å². The van der Waals surface area contributed by atoms with Gasteiger partial charge in [0.25, 0.3) is 0 Å². The number of rotatable bonds is 4. The van der Waals surface area contributed by atoms with E-state index in [1.54, 1.807) is 0 Å². The molecule has 0 spiro atoms. The van der Waals surface area contributed by atoms with Crippen LogP contribution in [0.4, 0.5) is 0 Å². The average molecular weight is 277 g/mol. The van der Waals surface area contributed by atoms with Crippen LogP contribution in [0.15, 0.2) is 18.2 Å². The molecule has 4 nitrogen and oxygen atoms in total. The summed E-state index contributed by atoms with van der Waals surface area (Å²) in [6.07, 6.45) is 4.54. The second-order valence-corrected chi connectivity index (χ2v) is 5.92. The van der Waals surface area contributed by atoms with Crippen molar-refractivity contribution < 1.29 is 14.6 Å². The summed E-state index contributed by atoms with van der Waals surface area (Å²) in [5, 5.41) is 9.24. The Labute approximate surface area is 119 Å². The van der Waals surface area contributed by atoms with Gasteiger partial charge in [-0.05, 0) is 67.7 Å². The lowest BCUT2D eigenvalue weighted by atomic mass is 9.73. The average Bonchev–Trinajstić information content (AvgIpc) is 2.96. The molecule has 0 aromatic heterocycles. The summed E-state index contributed by atoms with van der Waals surface area (Å²) in [5.41, 5.74) is 7.28. The fraction of sp³-hybridized carbons (Fsp3) is 0.625. The first-order valence-electron chi connectivity index (χ1n) is 7.52. The summed E-state index contributed by atoms with van der Waals surface area (Å²) in [6, 6.07) is 6.18. The minimum absolute atomic E-state index is 0.313. The number of hydrogen-bond acceptors (Lipinski definition) is 4. The topological polar surface area (TPSA) is 64.7 Å². The maximum atomic E-state index is 9.24. The molecule has 2 aliphatic rings. The molecule has 0 radical (unpaired) electrons. The van der Waals surface area contributed by atoms with E-state index in [9.17, 15) is 5.11 Å². The monoisotopic (exact) mass is 277 g/mol. The van der Waals surface area contributed by atoms with Gasteiger partial charge in [0, 0.05) is 6.61 Å². The molecular weight excluding hydrogens is 254 g/mol. The van der Waals surface area contributed by atoms with Crippen LogP contribution in [0.1, 0.15) is 37.2 Å². The molecule has 0 bridgehead atoms. The highest BCUT2D eigenvalue weighted by Crippen LogP contribution is 2.41. The molecule has 1 aliphatic carbocycles. The Hall–Kier alpha value is -1.26. The number of hydrogen-bond donors (Lipinski definition) is 2. The Balaban J connectivity index is 1.73. The molecule has 0 saturated heterocycles. The van der Waals surface area contributed by atoms with Crippen molar-refractivity contribution in [1.29, 1.82) is 0 Å². The first-order chi connectivity index (χ1) is 9.81. The van der Waals surface area contributed by atoms with Crippen molar-refractivity contribution in [2.45, 2.75) is 31.6 Å². The zero-order valence-electron chi connectivity index (χ0n) is 11.8. The first-order valence-corrected chi connectivity index (χ1v) is 7.52. The number of fused-ring (bicyclic) bond motifs is 1. The van der Waals surface area contributed by atoms with Crippen LogP contribution in [-0.2, 0) is 0 Å². The molecule has 1 heterocycles. The number of ether oxygens (including phenoxy) is 2. The number of aliphatic hydroxyl groups excluding tert-OH is 1. The number of aliphatic hydroxyl groups is 1. The largest absolute Gasteiger partial charge is 0.454 e. The summed E-state index contributed by atoms with van der Waals surface area (Å²) in [5.74, 6) is 3.15. The minimum atomic E-state index is 0.313. The molecule has 20 heavy (non-hydrogen) atoms. The van der Waals surface area contributed by atoms with E-state index in [-0.39, 0.29) is 0 Å². The third-order valence-electron chi connectivity index (χ3n) is 4.80. The highest BCUT2D eigenvalue weighted by Gasteiger charge is 2.28. The predicted octanol–water partition coefficient (Wildman–Crippen LogP) is 2.26. The maximum Gasteiger partial charge on any atom is 0.231 e. The summed E-state index contributed by atoms with van der Waals surface area (Å²) in [7, 11) is 0. The first kappa shape index (κ1) is 13.7. The van der Waals surface area contributed by atoms with Gasteiger partial charge < -0.3 is 20.3 Å². The third kappa shape index (κ3) is 2.63. The molecule has 1 unspecified atom stereocenters. The summed E-state index contributed by atoms with van der Waals surface area (Å²) in [6.45, 7) is 1.30. The van der Waals surface area contributed by atoms with Crippen LogP contribution in [0, 0.1) is 11.8 Å². The molecule has 1 aromatic carbocycles. The zero-order chi connectivity index (χ0) is 13.9. The lowest BCUT2D eigenvalue weighted by Gasteiger charge is -2.33. The van der Waals surface area contributed by atoms with Gasteiger partial charge in [0.1, 0.15) is 0 Å². The van der Waals surface area contributed by atoms with Gasteiger partial charge in [0.15, 0.2) is 11.5 Å². The molecule has 1 aliphatic heterocycles. The van der Waals surface area contributed by atoms with E-state index < -0.39 is 0 Å². The van der Waals surface area contributed by atoms with Gasteiger partial charge in [-0.2, -0.15) is 0 Å². The lowest BCUT2D eigenvalue weighted by Crippen LogP contribution is -2.26. The summed E-state index contributed by atoms with van der Waals surface area (Å²) < 4.78 is 10.8. The van der Waals surface area contributed by atoms with Gasteiger partial charge in [-0.1, -0.05) is 6.07 Å². The Kier molecular flexibility index (Phi) is 4.13. The van der Waals surface area contributed by atoms with E-state index >= 15 is 0 Å². The SMILES string of the molecule is NCC(c1ccc2c(c1)OCO2)C1CCC(CO)CC1. The molecule has 110 valence electrons. The van der Waals surface area contributed by atoms with Crippen LogP contribution in [0.3, 0.4) is 0 Å². The number of nitrogens with two attached hydrogens (primary N) is 1. The van der Waals surface area contributed by atoms with E-state index in [1.807, 2.05) is 6.07 Å². The van der Waals surface area contributed by atoms with Crippen LogP contribution in [0.25, 0.3) is 0 Å². The highest BCUT2D eigenvalue weighted by molar-refractivity contribution is 5.45. The Morgan fingerprint density at radius 3 is 2.60 bits per heavy atom. The van der Waals surface area contributed by atoms with E-state index in [2.05, 4.69) is 12.1 Å². The molecule has 3 N–H and O–H groups in total. The molecule has 4 heteroatoms. The van der Waals surface area contributed by atoms with Crippen LogP contribution in [0.5, 0.6) is 11.5 Å². The van der Waals surface area contributed by atoms with Gasteiger partial charge in [-0.25, -0.2) is 0 Å². The second-order valence-electron chi connectivity index (χ2n) is 5.92. The molecule has 1 aromatic rings. The van der Waals surface area contributed by atoms with Gasteiger partial charge in [-0.3, -0.25) is 0 Å². The van der Waals surface area contributed by atoms with Gasteiger partial charge >= 0.3 is 0 Å². The van der Waals surface area contributed by atoms with Gasteiger partial charge in [0.05, 0.1) is 0 Å². The lowest BCUT2D eigenvalue weighted by molar-refractivity contribution is 0.158. The fourth-order valence-electron chi connectivity index (χ4n) is 3.52. The van der Waals surface area contributed by atoms with Crippen molar-refractivity contribution in [3.63, 3.8) is 0 Å². The van der Waals surface area contributed by atoms with Crippen LogP contribution in [-0.4, -0.2) is 25.1 Å². The summed E-state index contributed by atoms with van der Waals surface area (Å²) in [4.78, 5) is 0. The molecule has 1 fully saturated rings. The van der Waals surface area contributed by atoms with Crippen LogP contribution in [0.2, 0.25) is 0 Å². The van der Waals surface area contributed by atoms with Gasteiger partial charge in [-0.15, -0.1) is 0 Å². The van der Waals surface area contributed by atoms with Crippen molar-refractivity contribution in [3.05, 3.63) is 23.8 Å². The summed E-state index contributed by atoms with van der Waals surface area (Å²) >= 11 is 0. The highest BCUT2D eigenvalue weighted by atomic mass is 16.7. The Morgan fingerprint density at radius 2 is 1.90 bits per heavy atom. The predicted molar refractivity (Wildman–Crippen MR) is 76.9 cm³/mol. The van der Waals surface area contributed by atoms with Crippen molar-refractivity contribution in [3.8, 4) is 11.5 Å². The van der Waals surface area contributed by atoms with Crippen molar-refractivity contribution in [2.24, 2.45) is 17.6 Å². The zero-order valence-corrected chi connectivity index (χ0v) is 11.8. The quantitative estimate of drug-likeness (QED) is 0.886. The van der Waals surface area contributed by atoms with Crippen molar-refractivity contribution >= 4 is 0 Å². The van der Waals surface area contributed by atoms with Crippen molar-refractivity contribution in [1.82, 2.24) is 0 Å². The number of benzene rings is 1. The van der Waals surface area contributed by atoms with Gasteiger partial charge in [0.2, 0.25) is 6.79 Å². The Morgan fingerprint density at radius 1 is 1.15 bits per heavy atom. The van der Waals surface area contributed by atoms with E-state index in [0.717, 1.165) is 37.2 Å². The smallest absolute Gasteiger partial charge is 0.231 e. The maximum absolute atomic E-state index is 9.24. The van der Waals surface area contributed by atoms with Crippen LogP contribution >= 0.6 is 0 Å². The fourth-order valence-corrected chi connectivity index (χ4v) is 3.52. The van der Waals surface area contributed by atoms with E-state index in [1.165, 1.54) is 5.56 Å². The Bertz CT molecular complexity index is 455. The molecule has 0 amide bonds. The molecule has 1 atom stereocenters. The normalized spacial score (nSPS) is 26.5. The van der Waals surface area contributed by atoms with E-state index in [4.69, 9.17) is 15.2 Å². The molecule has 3 rings (SSSR count). The minimum Gasteiger partial charge on any atom is -0.454 e. The van der Waals surface area contributed by atoms with E-state index in [0.29, 0.717) is 37.7 Å². The molecular formula is C16H23NO3. The molecule has 1 saturated carbocycles. The second kappa shape index (κ2) is 6.02. The third-order valence-corrected chi connectivity index (χ3v) is 4.80. The van der Waals surface area contributed by atoms with Crippen LogP contribution < -0.4 is 15.2 Å². The standard InChI is InChI=1S/C16H23NO3/c17-8-14(12-3-1-11(9-18)2-4-12)13-5-6-15-16(7-13)20-10-19-15/h5-7,11-12,14,18H,1-4,8-10,17H2.